The van der Waals surface area contributed by atoms with Gasteiger partial charge in [0.1, 0.15) is 11.5 Å². The summed E-state index contributed by atoms with van der Waals surface area (Å²) >= 11 is 1.39. The second kappa shape index (κ2) is 11.6. The molecule has 7 nitrogen and oxygen atoms in total. The summed E-state index contributed by atoms with van der Waals surface area (Å²) in [6.07, 6.45) is -4.40. The molecule has 0 spiro atoms. The molecular formula is C21H24F3NO6S2. The van der Waals surface area contributed by atoms with Crippen LogP contribution in [0.5, 0.6) is 11.5 Å². The number of carboxylic acids is 1. The smallest absolute Gasteiger partial charge is 0.482 e. The van der Waals surface area contributed by atoms with Gasteiger partial charge in [0.25, 0.3) is 0 Å². The van der Waals surface area contributed by atoms with Crippen molar-refractivity contribution in [2.45, 2.75) is 36.4 Å². The number of sulfonamides is 1. The quantitative estimate of drug-likeness (QED) is 0.421. The van der Waals surface area contributed by atoms with Crippen LogP contribution in [0.25, 0.3) is 0 Å². The van der Waals surface area contributed by atoms with Crippen molar-refractivity contribution in [3.63, 3.8) is 0 Å². The molecule has 0 aliphatic rings. The summed E-state index contributed by atoms with van der Waals surface area (Å²) in [7, 11) is -4.03. The number of halogens is 3. The van der Waals surface area contributed by atoms with Gasteiger partial charge in [0.2, 0.25) is 10.0 Å². The zero-order valence-corrected chi connectivity index (χ0v) is 19.6. The lowest BCUT2D eigenvalue weighted by atomic mass is 10.2. The summed E-state index contributed by atoms with van der Waals surface area (Å²) in [6.45, 7) is 3.46. The van der Waals surface area contributed by atoms with Gasteiger partial charge in [-0.2, -0.15) is 4.31 Å². The highest BCUT2D eigenvalue weighted by Gasteiger charge is 2.32. The largest absolute Gasteiger partial charge is 0.573 e. The number of hydrogen-bond acceptors (Lipinski definition) is 6. The number of benzene rings is 2. The lowest BCUT2D eigenvalue weighted by molar-refractivity contribution is -0.274. The van der Waals surface area contributed by atoms with Crippen molar-refractivity contribution >= 4 is 27.8 Å². The first-order valence-electron chi connectivity index (χ1n) is 9.86. The molecule has 0 aromatic heterocycles. The second-order valence-corrected chi connectivity index (χ2v) is 9.99. The maximum Gasteiger partial charge on any atom is 0.573 e. The maximum absolute atomic E-state index is 13.0. The van der Waals surface area contributed by atoms with Gasteiger partial charge in [0, 0.05) is 29.8 Å². The lowest BCUT2D eigenvalue weighted by Crippen LogP contribution is -2.33. The minimum atomic E-state index is -4.92. The van der Waals surface area contributed by atoms with Crippen LogP contribution in [0.2, 0.25) is 0 Å². The summed E-state index contributed by atoms with van der Waals surface area (Å²) in [5.41, 5.74) is 0.737. The van der Waals surface area contributed by atoms with Crippen molar-refractivity contribution < 1.29 is 41.0 Å². The zero-order valence-electron chi connectivity index (χ0n) is 18.0. The van der Waals surface area contributed by atoms with E-state index >= 15 is 0 Å². The first-order chi connectivity index (χ1) is 15.4. The first kappa shape index (κ1) is 26.8. The fourth-order valence-electron chi connectivity index (χ4n) is 2.86. The van der Waals surface area contributed by atoms with Crippen molar-refractivity contribution in [2.75, 3.05) is 25.4 Å². The third-order valence-electron chi connectivity index (χ3n) is 4.26. The van der Waals surface area contributed by atoms with Crippen LogP contribution in [0.1, 0.15) is 18.9 Å². The molecule has 182 valence electrons. The van der Waals surface area contributed by atoms with Crippen molar-refractivity contribution in [1.82, 2.24) is 4.31 Å². The summed E-state index contributed by atoms with van der Waals surface area (Å²) in [4.78, 5) is 11.2. The van der Waals surface area contributed by atoms with Crippen molar-refractivity contribution in [1.29, 1.82) is 0 Å². The summed E-state index contributed by atoms with van der Waals surface area (Å²) in [6, 6.07) is 9.52. The highest BCUT2D eigenvalue weighted by atomic mass is 32.2. The van der Waals surface area contributed by atoms with Crippen molar-refractivity contribution in [3.05, 3.63) is 48.0 Å². The topological polar surface area (TPSA) is 93.1 Å². The van der Waals surface area contributed by atoms with E-state index in [0.717, 1.165) is 22.6 Å². The SMILES string of the molecule is CCCN(CCSc1ccc(OCC(=O)O)c(C)c1)S(=O)(=O)c1cccc(OC(F)(F)F)c1. The molecule has 0 saturated carbocycles. The molecule has 0 bridgehead atoms. The summed E-state index contributed by atoms with van der Waals surface area (Å²) < 4.78 is 73.8. The second-order valence-electron chi connectivity index (χ2n) is 6.88. The molecule has 12 heteroatoms. The Morgan fingerprint density at radius 1 is 1.15 bits per heavy atom. The first-order valence-corrected chi connectivity index (χ1v) is 12.3. The predicted octanol–water partition coefficient (Wildman–Crippen LogP) is 4.55. The van der Waals surface area contributed by atoms with Gasteiger partial charge in [0.15, 0.2) is 6.61 Å². The van der Waals surface area contributed by atoms with Crippen LogP contribution < -0.4 is 9.47 Å². The van der Waals surface area contributed by atoms with E-state index in [1.54, 1.807) is 32.0 Å². The molecule has 0 atom stereocenters. The number of rotatable bonds is 12. The lowest BCUT2D eigenvalue weighted by Gasteiger charge is -2.22. The van der Waals surface area contributed by atoms with Gasteiger partial charge in [-0.15, -0.1) is 24.9 Å². The normalized spacial score (nSPS) is 12.1. The van der Waals surface area contributed by atoms with Crippen molar-refractivity contribution in [3.8, 4) is 11.5 Å². The van der Waals surface area contributed by atoms with Gasteiger partial charge in [0.05, 0.1) is 4.90 Å². The Bertz CT molecular complexity index is 1060. The molecular weight excluding hydrogens is 483 g/mol. The third kappa shape index (κ3) is 8.45. The Morgan fingerprint density at radius 3 is 2.48 bits per heavy atom. The summed E-state index contributed by atoms with van der Waals surface area (Å²) in [5, 5.41) is 8.71. The van der Waals surface area contributed by atoms with Gasteiger partial charge < -0.3 is 14.6 Å². The highest BCUT2D eigenvalue weighted by Crippen LogP contribution is 2.28. The van der Waals surface area contributed by atoms with Crippen LogP contribution in [0.4, 0.5) is 13.2 Å². The Kier molecular flexibility index (Phi) is 9.44. The molecule has 2 aromatic carbocycles. The molecule has 0 aliphatic carbocycles. The molecule has 0 heterocycles. The molecule has 0 fully saturated rings. The average Bonchev–Trinajstić information content (AvgIpc) is 2.71. The van der Waals surface area contributed by atoms with E-state index in [4.69, 9.17) is 9.84 Å². The minimum Gasteiger partial charge on any atom is -0.482 e. The standard InChI is InChI=1S/C21H24F3NO6S2/c1-3-9-25(33(28,29)18-6-4-5-16(13-18)31-21(22,23)24)10-11-32-17-7-8-19(15(2)12-17)30-14-20(26)27/h4-8,12-13H,3,9-11,14H2,1-2H3,(H,26,27). The predicted molar refractivity (Wildman–Crippen MR) is 117 cm³/mol. The Hall–Kier alpha value is -2.44. The van der Waals surface area contributed by atoms with E-state index in [9.17, 15) is 26.4 Å². The van der Waals surface area contributed by atoms with Gasteiger partial charge in [-0.1, -0.05) is 13.0 Å². The number of carbonyl (C=O) groups is 1. The van der Waals surface area contributed by atoms with Crippen LogP contribution in [0.3, 0.4) is 0 Å². The van der Waals surface area contributed by atoms with E-state index in [2.05, 4.69) is 4.74 Å². The fourth-order valence-corrected chi connectivity index (χ4v) is 5.52. The number of thioether (sulfide) groups is 1. The highest BCUT2D eigenvalue weighted by molar-refractivity contribution is 7.99. The van der Waals surface area contributed by atoms with Crippen LogP contribution >= 0.6 is 11.8 Å². The molecule has 1 N–H and O–H groups in total. The zero-order chi connectivity index (χ0) is 24.6. The third-order valence-corrected chi connectivity index (χ3v) is 7.13. The number of carboxylic acid groups (broad SMARTS) is 1. The van der Waals surface area contributed by atoms with Crippen molar-refractivity contribution in [2.24, 2.45) is 0 Å². The van der Waals surface area contributed by atoms with Crippen LogP contribution in [-0.4, -0.2) is 55.6 Å². The van der Waals surface area contributed by atoms with E-state index in [-0.39, 0.29) is 18.0 Å². The monoisotopic (exact) mass is 507 g/mol. The molecule has 0 aliphatic heterocycles. The van der Waals surface area contributed by atoms with E-state index in [1.165, 1.54) is 28.2 Å². The Balaban J connectivity index is 2.07. The average molecular weight is 508 g/mol. The van der Waals surface area contributed by atoms with Gasteiger partial charge >= 0.3 is 12.3 Å². The molecule has 0 saturated heterocycles. The molecule has 0 unspecified atom stereocenters. The number of aliphatic carboxylic acids is 1. The number of nitrogens with zero attached hydrogens (tertiary/aromatic N) is 1. The van der Waals surface area contributed by atoms with E-state index < -0.39 is 34.7 Å². The van der Waals surface area contributed by atoms with Gasteiger partial charge in [-0.3, -0.25) is 0 Å². The van der Waals surface area contributed by atoms with Crippen LogP contribution in [-0.2, 0) is 14.8 Å². The Labute approximate surface area is 194 Å². The van der Waals surface area contributed by atoms with Crippen LogP contribution in [0, 0.1) is 6.92 Å². The number of alkyl halides is 3. The molecule has 33 heavy (non-hydrogen) atoms. The van der Waals surface area contributed by atoms with E-state index in [1.807, 2.05) is 0 Å². The van der Waals surface area contributed by atoms with Crippen LogP contribution in [0.15, 0.2) is 52.3 Å². The van der Waals surface area contributed by atoms with E-state index in [0.29, 0.717) is 17.9 Å². The molecule has 0 amide bonds. The molecule has 2 aromatic rings. The maximum atomic E-state index is 13.0. The minimum absolute atomic E-state index is 0.140. The molecule has 0 radical (unpaired) electrons. The number of hydrogen-bond donors (Lipinski definition) is 1. The summed E-state index contributed by atoms with van der Waals surface area (Å²) in [5.74, 6) is -0.846. The Morgan fingerprint density at radius 2 is 1.88 bits per heavy atom. The number of aryl methyl sites for hydroxylation is 1. The number of ether oxygens (including phenoxy) is 2. The van der Waals surface area contributed by atoms with Gasteiger partial charge in [-0.25, -0.2) is 13.2 Å². The molecule has 2 rings (SSSR count). The fraction of sp³-hybridized carbons (Fsp3) is 0.381. The van der Waals surface area contributed by atoms with Gasteiger partial charge in [-0.05, 0) is 49.2 Å².